The molecule has 0 saturated heterocycles. The quantitative estimate of drug-likeness (QED) is 0.0557. The Morgan fingerprint density at radius 3 is 0.766 bits per heavy atom. The number of fused-ring (bicyclic) bond motifs is 1. The Hall–Kier alpha value is -1.22. The van der Waals surface area contributed by atoms with Crippen LogP contribution in [0.2, 0.25) is 0 Å². The van der Waals surface area contributed by atoms with Crippen molar-refractivity contribution >= 4 is 112 Å². The lowest BCUT2D eigenvalue weighted by Crippen LogP contribution is -2.39. The highest BCUT2D eigenvalue weighted by Crippen LogP contribution is 2.39. The van der Waals surface area contributed by atoms with Gasteiger partial charge in [0.05, 0.1) is 28.2 Å². The summed E-state index contributed by atoms with van der Waals surface area (Å²) in [4.78, 5) is 182. The fourth-order valence-electron chi connectivity index (χ4n) is 1.45. The maximum atomic E-state index is 10.4. The number of halogens is 12. The summed E-state index contributed by atoms with van der Waals surface area (Å²) in [6.45, 7) is 0. The minimum Gasteiger partial charge on any atom is -0.753 e. The number of hydrogen-bond acceptors (Lipinski definition) is 17. The number of hydrogen-bond donors (Lipinski definition) is 23. The van der Waals surface area contributed by atoms with E-state index in [1.807, 2.05) is 49.8 Å². The van der Waals surface area contributed by atoms with Crippen molar-refractivity contribution in [1.29, 1.82) is 0 Å². The predicted molar refractivity (Wildman–Crippen MR) is 218 cm³/mol. The molecule has 43 nitrogen and oxygen atoms in total. The lowest BCUT2D eigenvalue weighted by molar-refractivity contribution is -0.480. The van der Waals surface area contributed by atoms with Crippen molar-refractivity contribution in [3.63, 3.8) is 0 Å². The molecular weight excluding hydrogens is 1400 g/mol. The van der Waals surface area contributed by atoms with Crippen molar-refractivity contribution < 1.29 is 232 Å². The van der Waals surface area contributed by atoms with Crippen molar-refractivity contribution in [2.45, 2.75) is 0 Å². The number of rotatable bonds is 1. The largest absolute Gasteiger partial charge is 0.753 e. The zero-order valence-corrected chi connectivity index (χ0v) is 46.6. The standard InChI is InChI=1S/C10H15N6O.12FH2O3P/c1-14(2)10(15(3)4)17-16-9-8(12-13-16)6-5-7-11-9;12*1-5(2,3)4/h5-7H,1-4H3;12*(H2,2,3,4)/q+1;;;;;;;;;;;;/p-1. The highest BCUT2D eigenvalue weighted by molar-refractivity contribution is 7.48. The van der Waals surface area contributed by atoms with E-state index in [1.165, 1.54) is 4.85 Å². The molecule has 0 spiro atoms. The molecule has 0 fully saturated rings. The summed E-state index contributed by atoms with van der Waals surface area (Å²) in [5.74, 6) is 0. The van der Waals surface area contributed by atoms with Gasteiger partial charge < -0.3 is 9.79 Å². The van der Waals surface area contributed by atoms with E-state index in [9.17, 15) is 50.4 Å². The van der Waals surface area contributed by atoms with Gasteiger partial charge in [0.1, 0.15) is 5.52 Å². The molecular formula is C10H38F12N6O37P12. The van der Waals surface area contributed by atoms with Crippen LogP contribution in [0.5, 0.6) is 0 Å². The van der Waals surface area contributed by atoms with Gasteiger partial charge in [0.25, 0.3) is 0 Å². The fourth-order valence-corrected chi connectivity index (χ4v) is 1.45. The lowest BCUT2D eigenvalue weighted by Gasteiger charge is -2.09. The van der Waals surface area contributed by atoms with Crippen molar-refractivity contribution in [1.82, 2.24) is 25.0 Å². The van der Waals surface area contributed by atoms with E-state index in [0.717, 1.165) is 0 Å². The van der Waals surface area contributed by atoms with Crippen LogP contribution in [0.4, 0.5) is 50.4 Å². The molecule has 2 aromatic heterocycles. The minimum atomic E-state index is -5.39. The summed E-state index contributed by atoms with van der Waals surface area (Å²) in [5, 5.41) is 7.87. The number of nitrogens with zero attached hydrogens (tertiary/aromatic N) is 6. The van der Waals surface area contributed by atoms with Crippen LogP contribution in [0.25, 0.3) is 11.2 Å². The van der Waals surface area contributed by atoms with Gasteiger partial charge in [-0.1, -0.05) is 0 Å². The second kappa shape index (κ2) is 44.4. The van der Waals surface area contributed by atoms with Gasteiger partial charge in [-0.25, -0.2) is 64.7 Å². The monoisotopic (exact) mass is 1430 g/mol. The van der Waals surface area contributed by atoms with E-state index in [0.29, 0.717) is 17.2 Å². The van der Waals surface area contributed by atoms with Gasteiger partial charge in [-0.15, -0.1) is 51.3 Å². The van der Waals surface area contributed by atoms with Crippen molar-refractivity contribution in [2.24, 2.45) is 0 Å². The van der Waals surface area contributed by atoms with E-state index in [2.05, 4.69) is 15.3 Å². The summed E-state index contributed by atoms with van der Waals surface area (Å²) in [6.07, 6.45) is 1.68. The molecule has 2 rings (SSSR count). The van der Waals surface area contributed by atoms with Crippen molar-refractivity contribution in [3.05, 3.63) is 18.3 Å². The smallest absolute Gasteiger partial charge is 0.507 e. The predicted octanol–water partition coefficient (Wildman–Crippen LogP) is -0.604. The Labute approximate surface area is 415 Å². The highest BCUT2D eigenvalue weighted by Gasteiger charge is 2.18. The van der Waals surface area contributed by atoms with Gasteiger partial charge in [-0.05, 0) is 22.2 Å². The molecule has 474 valence electrons. The van der Waals surface area contributed by atoms with E-state index >= 15 is 0 Å². The third kappa shape index (κ3) is 418. The second-order valence-electron chi connectivity index (χ2n) is 9.62. The van der Waals surface area contributed by atoms with Crippen molar-refractivity contribution in [2.75, 3.05) is 28.2 Å². The van der Waals surface area contributed by atoms with Crippen LogP contribution in [0.1, 0.15) is 0 Å². The second-order valence-corrected chi connectivity index (χ2v) is 20.9. The zero-order valence-electron chi connectivity index (χ0n) is 35.8. The van der Waals surface area contributed by atoms with E-state index in [1.54, 1.807) is 6.20 Å². The minimum absolute atomic E-state index is 0.591. The Bertz CT molecular complexity index is 1970. The molecule has 0 aliphatic carbocycles. The molecule has 0 aromatic carbocycles. The van der Waals surface area contributed by atoms with Crippen LogP contribution in [-0.4, -0.2) is 176 Å². The summed E-state index contributed by atoms with van der Waals surface area (Å²) in [6, 6.07) is 4.28. The van der Waals surface area contributed by atoms with Gasteiger partial charge in [0.15, 0.2) is 0 Å². The van der Waals surface area contributed by atoms with Gasteiger partial charge in [-0.3, -0.25) is 117 Å². The molecule has 2 aromatic rings. The van der Waals surface area contributed by atoms with E-state index in [4.69, 9.17) is 177 Å². The first-order valence-electron chi connectivity index (χ1n) is 14.2. The third-order valence-electron chi connectivity index (χ3n) is 2.11. The number of amidine groups is 1. The van der Waals surface area contributed by atoms with E-state index in [-0.39, 0.29) is 0 Å². The van der Waals surface area contributed by atoms with Gasteiger partial charge in [-0.2, -0.15) is 4.20 Å². The third-order valence-corrected chi connectivity index (χ3v) is 2.11. The Morgan fingerprint density at radius 2 is 0.623 bits per heavy atom. The maximum absolute atomic E-state index is 10.4. The van der Waals surface area contributed by atoms with Crippen LogP contribution in [0.3, 0.4) is 0 Å². The first-order chi connectivity index (χ1) is 32.1. The van der Waals surface area contributed by atoms with Gasteiger partial charge >= 0.3 is 101 Å². The first-order valence-corrected chi connectivity index (χ1v) is 32.2. The van der Waals surface area contributed by atoms with Crippen LogP contribution in [0.15, 0.2) is 18.3 Å². The van der Waals surface area contributed by atoms with Crippen LogP contribution >= 0.6 is 94.9 Å². The molecule has 0 radical (unpaired) electrons. The van der Waals surface area contributed by atoms with Crippen LogP contribution < -0.4 is 9.73 Å². The average Bonchev–Trinajstić information content (AvgIpc) is 3.32. The summed E-state index contributed by atoms with van der Waals surface area (Å²) >= 11 is 0. The SMILES string of the molecule is CN(C)C(On1nnc2cccnc21)=[N+](C)C.O=P(O)(O)F.O=P(O)(O)F.O=P(O)(O)F.O=P(O)(O)F.O=P(O)(O)F.O=P(O)(O)F.O=P(O)(O)F.O=P(O)(O)F.O=P(O)(O)F.O=P(O)(O)F.O=P(O)(O)F.O=P([O-])(O)F. The Balaban J connectivity index is -0.0000000709. The molecule has 77 heavy (non-hydrogen) atoms. The van der Waals surface area contributed by atoms with Crippen LogP contribution in [0, 0.1) is 0 Å². The Kier molecular flexibility index (Phi) is 58.2. The average molecular weight is 1430 g/mol. The summed E-state index contributed by atoms with van der Waals surface area (Å²) in [5.41, 5.74) is 1.29. The lowest BCUT2D eigenvalue weighted by atomic mass is 10.4. The van der Waals surface area contributed by atoms with Gasteiger partial charge in [0, 0.05) is 6.20 Å². The molecule has 0 saturated carbocycles. The molecule has 0 aliphatic rings. The van der Waals surface area contributed by atoms with Gasteiger partial charge in [0.2, 0.25) is 5.65 Å². The fraction of sp³-hybridized carbons (Fsp3) is 0.400. The van der Waals surface area contributed by atoms with E-state index < -0.39 is 94.9 Å². The first kappa shape index (κ1) is 101. The summed E-state index contributed by atoms with van der Waals surface area (Å²) < 4.78 is 230. The molecule has 0 aliphatic heterocycles. The molecule has 1 unspecified atom stereocenters. The summed E-state index contributed by atoms with van der Waals surface area (Å²) in [7, 11) is -54.4. The molecule has 0 amide bonds. The normalized spacial score (nSPS) is 12.1. The maximum Gasteiger partial charge on any atom is 0.507 e. The number of aromatic nitrogens is 4. The topological polar surface area (TPSA) is 752 Å². The Morgan fingerprint density at radius 1 is 0.455 bits per heavy atom. The highest BCUT2D eigenvalue weighted by atomic mass is 31.2. The molecule has 67 heteroatoms. The molecule has 1 atom stereocenters. The zero-order chi connectivity index (χ0) is 66.4. The van der Waals surface area contributed by atoms with Crippen molar-refractivity contribution in [3.8, 4) is 0 Å². The van der Waals surface area contributed by atoms with Crippen LogP contribution in [-0.2, 0) is 54.8 Å². The molecule has 2 heterocycles. The molecule has 23 N–H and O–H groups in total. The number of pyridine rings is 1. The molecule has 0 bridgehead atoms.